The molecule has 3 aromatic rings. The zero-order chi connectivity index (χ0) is 17.8. The van der Waals surface area contributed by atoms with Crippen molar-refractivity contribution in [3.63, 3.8) is 0 Å². The first kappa shape index (κ1) is 16.4. The van der Waals surface area contributed by atoms with E-state index in [9.17, 15) is 4.79 Å². The lowest BCUT2D eigenvalue weighted by molar-refractivity contribution is 0.0950. The van der Waals surface area contributed by atoms with Crippen molar-refractivity contribution in [1.82, 2.24) is 40.6 Å². The predicted octanol–water partition coefficient (Wildman–Crippen LogP) is 0.341. The highest BCUT2D eigenvalue weighted by Crippen LogP contribution is 2.09. The Morgan fingerprint density at radius 2 is 2.15 bits per heavy atom. The minimum Gasteiger partial charge on any atom is -0.346 e. The third-order valence-corrected chi connectivity index (χ3v) is 4.33. The molecule has 3 heterocycles. The molecule has 9 heteroatoms. The highest BCUT2D eigenvalue weighted by molar-refractivity contribution is 5.94. The van der Waals surface area contributed by atoms with Gasteiger partial charge in [0.25, 0.3) is 5.91 Å². The number of nitrogens with one attached hydrogen (secondary N) is 2. The maximum absolute atomic E-state index is 12.3. The molecule has 1 aromatic carbocycles. The van der Waals surface area contributed by atoms with Crippen LogP contribution < -0.4 is 10.6 Å². The fourth-order valence-electron chi connectivity index (χ4n) is 2.98. The Morgan fingerprint density at radius 3 is 2.96 bits per heavy atom. The molecule has 134 valence electrons. The van der Waals surface area contributed by atoms with Gasteiger partial charge in [-0.1, -0.05) is 12.1 Å². The summed E-state index contributed by atoms with van der Waals surface area (Å²) in [5.41, 5.74) is 3.69. The molecular formula is C17H20N8O. The van der Waals surface area contributed by atoms with Gasteiger partial charge in [0.2, 0.25) is 0 Å². The average molecular weight is 352 g/mol. The van der Waals surface area contributed by atoms with Crippen LogP contribution in [0.25, 0.3) is 0 Å². The van der Waals surface area contributed by atoms with Crippen molar-refractivity contribution in [1.29, 1.82) is 0 Å². The molecule has 0 unspecified atom stereocenters. The van der Waals surface area contributed by atoms with E-state index in [0.717, 1.165) is 37.3 Å². The summed E-state index contributed by atoms with van der Waals surface area (Å²) in [5.74, 6) is -0.111. The molecule has 2 aromatic heterocycles. The van der Waals surface area contributed by atoms with Crippen molar-refractivity contribution in [3.8, 4) is 0 Å². The second-order valence-electron chi connectivity index (χ2n) is 6.27. The fourth-order valence-corrected chi connectivity index (χ4v) is 2.98. The Labute approximate surface area is 150 Å². The quantitative estimate of drug-likeness (QED) is 0.686. The second-order valence-corrected chi connectivity index (χ2v) is 6.27. The Bertz CT molecular complexity index is 845. The minimum atomic E-state index is -0.111. The van der Waals surface area contributed by atoms with E-state index in [0.29, 0.717) is 18.7 Å². The van der Waals surface area contributed by atoms with Gasteiger partial charge in [-0.25, -0.2) is 4.68 Å². The van der Waals surface area contributed by atoms with Crippen LogP contribution in [-0.4, -0.2) is 42.4 Å². The van der Waals surface area contributed by atoms with E-state index in [1.807, 2.05) is 22.9 Å². The highest BCUT2D eigenvalue weighted by Gasteiger charge is 2.12. The van der Waals surface area contributed by atoms with Crippen LogP contribution in [0, 0.1) is 0 Å². The van der Waals surface area contributed by atoms with Crippen LogP contribution in [0.4, 0.5) is 0 Å². The zero-order valence-corrected chi connectivity index (χ0v) is 14.3. The predicted molar refractivity (Wildman–Crippen MR) is 93.1 cm³/mol. The van der Waals surface area contributed by atoms with Gasteiger partial charge in [0, 0.05) is 18.7 Å². The highest BCUT2D eigenvalue weighted by atomic mass is 16.1. The van der Waals surface area contributed by atoms with Gasteiger partial charge in [0.15, 0.2) is 0 Å². The summed E-state index contributed by atoms with van der Waals surface area (Å²) in [7, 11) is 0. The largest absolute Gasteiger partial charge is 0.346 e. The molecule has 4 rings (SSSR count). The van der Waals surface area contributed by atoms with E-state index in [1.165, 1.54) is 5.69 Å². The summed E-state index contributed by atoms with van der Waals surface area (Å²) in [6.45, 7) is 3.75. The molecule has 0 radical (unpaired) electrons. The third kappa shape index (κ3) is 3.77. The summed E-state index contributed by atoms with van der Waals surface area (Å²) in [4.78, 5) is 12.3. The van der Waals surface area contributed by atoms with Crippen LogP contribution >= 0.6 is 0 Å². The summed E-state index contributed by atoms with van der Waals surface area (Å²) in [5, 5.41) is 21.9. The number of carbonyl (C=O) groups is 1. The molecule has 0 atom stereocenters. The van der Waals surface area contributed by atoms with Crippen molar-refractivity contribution in [3.05, 3.63) is 59.2 Å². The van der Waals surface area contributed by atoms with Crippen LogP contribution in [0.5, 0.6) is 0 Å². The number of aromatic nitrogens is 6. The zero-order valence-electron chi connectivity index (χ0n) is 14.3. The van der Waals surface area contributed by atoms with Gasteiger partial charge in [-0.15, -0.1) is 5.10 Å². The third-order valence-electron chi connectivity index (χ3n) is 4.33. The number of fused-ring (bicyclic) bond motifs is 1. The lowest BCUT2D eigenvalue weighted by Gasteiger charge is -2.05. The lowest BCUT2D eigenvalue weighted by atomic mass is 10.1. The molecular weight excluding hydrogens is 332 g/mol. The van der Waals surface area contributed by atoms with E-state index in [1.54, 1.807) is 23.1 Å². The maximum Gasteiger partial charge on any atom is 0.251 e. The van der Waals surface area contributed by atoms with E-state index in [-0.39, 0.29) is 5.91 Å². The van der Waals surface area contributed by atoms with Crippen LogP contribution in [-0.2, 0) is 26.2 Å². The van der Waals surface area contributed by atoms with Gasteiger partial charge in [-0.05, 0) is 47.2 Å². The van der Waals surface area contributed by atoms with Gasteiger partial charge in [0.1, 0.15) is 6.33 Å². The van der Waals surface area contributed by atoms with Gasteiger partial charge < -0.3 is 10.6 Å². The Kier molecular flexibility index (Phi) is 4.69. The van der Waals surface area contributed by atoms with Crippen molar-refractivity contribution in [2.45, 2.75) is 32.6 Å². The van der Waals surface area contributed by atoms with Crippen molar-refractivity contribution in [2.75, 3.05) is 6.54 Å². The first-order valence-corrected chi connectivity index (χ1v) is 8.62. The summed E-state index contributed by atoms with van der Waals surface area (Å²) in [6, 6.07) is 9.47. The lowest BCUT2D eigenvalue weighted by Crippen LogP contribution is -2.23. The van der Waals surface area contributed by atoms with E-state index < -0.39 is 0 Å². The van der Waals surface area contributed by atoms with Crippen LogP contribution in [0.3, 0.4) is 0 Å². The molecule has 9 nitrogen and oxygen atoms in total. The molecule has 0 spiro atoms. The summed E-state index contributed by atoms with van der Waals surface area (Å²) >= 11 is 0. The molecule has 26 heavy (non-hydrogen) atoms. The SMILES string of the molecule is O=C(NCc1cc2n(n1)CCCNC2)c1ccc(Cn2cnnn2)cc1. The van der Waals surface area contributed by atoms with E-state index in [2.05, 4.69) is 31.3 Å². The molecule has 0 saturated carbocycles. The molecule has 1 amide bonds. The summed E-state index contributed by atoms with van der Waals surface area (Å²) < 4.78 is 3.65. The van der Waals surface area contributed by atoms with Crippen LogP contribution in [0.1, 0.15) is 33.7 Å². The summed E-state index contributed by atoms with van der Waals surface area (Å²) in [6.07, 6.45) is 2.63. The molecule has 2 N–H and O–H groups in total. The Hall–Kier alpha value is -3.07. The average Bonchev–Trinajstić information content (AvgIpc) is 3.25. The molecule has 0 bridgehead atoms. The van der Waals surface area contributed by atoms with Gasteiger partial charge >= 0.3 is 0 Å². The van der Waals surface area contributed by atoms with E-state index >= 15 is 0 Å². The maximum atomic E-state index is 12.3. The molecule has 0 saturated heterocycles. The molecule has 0 aliphatic carbocycles. The standard InChI is InChI=1S/C17H20N8O/c26-17(14-4-2-13(3-5-14)11-24-12-20-22-23-24)19-9-15-8-16-10-18-6-1-7-25(16)21-15/h2-5,8,12,18H,1,6-7,9-11H2,(H,19,26). The number of rotatable bonds is 5. The number of amides is 1. The van der Waals surface area contributed by atoms with Crippen molar-refractivity contribution < 1.29 is 4.79 Å². The first-order chi connectivity index (χ1) is 12.8. The topological polar surface area (TPSA) is 103 Å². The van der Waals surface area contributed by atoms with Crippen molar-refractivity contribution >= 4 is 5.91 Å². The van der Waals surface area contributed by atoms with Crippen LogP contribution in [0.2, 0.25) is 0 Å². The minimum absolute atomic E-state index is 0.111. The van der Waals surface area contributed by atoms with Gasteiger partial charge in [-0.2, -0.15) is 5.10 Å². The van der Waals surface area contributed by atoms with Crippen molar-refractivity contribution in [2.24, 2.45) is 0 Å². The Balaban J connectivity index is 1.34. The number of aryl methyl sites for hydroxylation is 1. The monoisotopic (exact) mass is 352 g/mol. The number of hydrogen-bond donors (Lipinski definition) is 2. The van der Waals surface area contributed by atoms with Gasteiger partial charge in [0.05, 0.1) is 24.5 Å². The number of carbonyl (C=O) groups excluding carboxylic acids is 1. The number of benzene rings is 1. The first-order valence-electron chi connectivity index (χ1n) is 8.62. The number of hydrogen-bond acceptors (Lipinski definition) is 6. The molecule has 1 aliphatic rings. The number of tetrazole rings is 1. The second kappa shape index (κ2) is 7.44. The normalized spacial score (nSPS) is 13.8. The smallest absolute Gasteiger partial charge is 0.251 e. The fraction of sp³-hybridized carbons (Fsp3) is 0.353. The molecule has 1 aliphatic heterocycles. The molecule has 0 fully saturated rings. The van der Waals surface area contributed by atoms with E-state index in [4.69, 9.17) is 0 Å². The number of nitrogens with zero attached hydrogens (tertiary/aromatic N) is 6. The van der Waals surface area contributed by atoms with Gasteiger partial charge in [-0.3, -0.25) is 9.48 Å². The van der Waals surface area contributed by atoms with Crippen LogP contribution in [0.15, 0.2) is 36.7 Å². The Morgan fingerprint density at radius 1 is 1.27 bits per heavy atom.